The number of ether oxygens (including phenoxy) is 1. The molecule has 0 N–H and O–H groups in total. The van der Waals surface area contributed by atoms with Crippen molar-refractivity contribution in [3.8, 4) is 0 Å². The zero-order valence-electron chi connectivity index (χ0n) is 11.6. The van der Waals surface area contributed by atoms with Crippen molar-refractivity contribution < 1.29 is 13.5 Å². The van der Waals surface area contributed by atoms with Gasteiger partial charge in [-0.2, -0.15) is 0 Å². The number of hydrogen-bond acceptors (Lipinski definition) is 4. The molecule has 0 amide bonds. The molecule has 4 nitrogen and oxygen atoms in total. The summed E-state index contributed by atoms with van der Waals surface area (Å²) in [5.41, 5.74) is 0.293. The van der Waals surface area contributed by atoms with E-state index in [1.54, 1.807) is 13.2 Å². The molecule has 1 heterocycles. The van der Waals surface area contributed by atoms with E-state index >= 15 is 0 Å². The number of allylic oxidation sites excluding steroid dienone is 1. The van der Waals surface area contributed by atoms with Crippen molar-refractivity contribution in [2.45, 2.75) is 24.1 Å². The summed E-state index contributed by atoms with van der Waals surface area (Å²) in [6.07, 6.45) is 1.72. The van der Waals surface area contributed by atoms with Gasteiger partial charge >= 0.3 is 0 Å². The van der Waals surface area contributed by atoms with Crippen molar-refractivity contribution in [2.75, 3.05) is 7.11 Å². The second kappa shape index (κ2) is 7.33. The zero-order chi connectivity index (χ0) is 15.2. The van der Waals surface area contributed by atoms with E-state index in [9.17, 15) is 8.78 Å². The second-order valence-electron chi connectivity index (χ2n) is 4.26. The van der Waals surface area contributed by atoms with Crippen LogP contribution in [-0.2, 0) is 23.6 Å². The molecule has 0 saturated heterocycles. The van der Waals surface area contributed by atoms with E-state index in [-0.39, 0.29) is 5.75 Å². The number of benzene rings is 1. The lowest BCUT2D eigenvalue weighted by Gasteiger charge is -2.07. The number of aromatic nitrogens is 3. The van der Waals surface area contributed by atoms with Gasteiger partial charge in [0, 0.05) is 25.0 Å². The van der Waals surface area contributed by atoms with Crippen molar-refractivity contribution >= 4 is 11.8 Å². The Morgan fingerprint density at radius 3 is 2.90 bits per heavy atom. The predicted molar refractivity (Wildman–Crippen MR) is 76.9 cm³/mol. The van der Waals surface area contributed by atoms with E-state index in [0.29, 0.717) is 29.7 Å². The van der Waals surface area contributed by atoms with Crippen LogP contribution in [0.3, 0.4) is 0 Å². The van der Waals surface area contributed by atoms with Gasteiger partial charge in [-0.3, -0.25) is 0 Å². The fraction of sp³-hybridized carbons (Fsp3) is 0.286. The maximum atomic E-state index is 13.6. The summed E-state index contributed by atoms with van der Waals surface area (Å²) in [7, 11) is 1.57. The molecular formula is C14H15F2N3OS. The molecule has 0 spiro atoms. The first-order chi connectivity index (χ1) is 10.2. The summed E-state index contributed by atoms with van der Waals surface area (Å²) in [6, 6.07) is 3.41. The summed E-state index contributed by atoms with van der Waals surface area (Å²) in [5, 5.41) is 8.70. The van der Waals surface area contributed by atoms with Crippen LogP contribution in [-0.4, -0.2) is 21.9 Å². The molecule has 0 unspecified atom stereocenters. The Morgan fingerprint density at radius 2 is 2.19 bits per heavy atom. The Balaban J connectivity index is 2.15. The SMILES string of the molecule is C=CCn1c(COC)nnc1SCc1cc(F)ccc1F. The van der Waals surface area contributed by atoms with E-state index in [1.165, 1.54) is 17.8 Å². The van der Waals surface area contributed by atoms with Gasteiger partial charge in [-0.25, -0.2) is 8.78 Å². The average Bonchev–Trinajstić information content (AvgIpc) is 2.83. The maximum absolute atomic E-state index is 13.6. The lowest BCUT2D eigenvalue weighted by Crippen LogP contribution is -2.05. The highest BCUT2D eigenvalue weighted by Gasteiger charge is 2.13. The van der Waals surface area contributed by atoms with Gasteiger partial charge in [-0.15, -0.1) is 16.8 Å². The predicted octanol–water partition coefficient (Wildman–Crippen LogP) is 3.18. The van der Waals surface area contributed by atoms with Crippen LogP contribution in [0.25, 0.3) is 0 Å². The van der Waals surface area contributed by atoms with E-state index in [2.05, 4.69) is 16.8 Å². The molecule has 7 heteroatoms. The monoisotopic (exact) mass is 311 g/mol. The number of hydrogen-bond donors (Lipinski definition) is 0. The van der Waals surface area contributed by atoms with Crippen LogP contribution in [0, 0.1) is 11.6 Å². The van der Waals surface area contributed by atoms with Gasteiger partial charge in [0.25, 0.3) is 0 Å². The minimum atomic E-state index is -0.459. The number of thioether (sulfide) groups is 1. The summed E-state index contributed by atoms with van der Waals surface area (Å²) in [5.74, 6) is 0.0429. The Kier molecular flexibility index (Phi) is 5.46. The summed E-state index contributed by atoms with van der Waals surface area (Å²) < 4.78 is 33.6. The molecule has 2 aromatic rings. The van der Waals surface area contributed by atoms with Crippen molar-refractivity contribution in [1.82, 2.24) is 14.8 Å². The van der Waals surface area contributed by atoms with Crippen molar-refractivity contribution in [2.24, 2.45) is 0 Å². The van der Waals surface area contributed by atoms with E-state index in [0.717, 1.165) is 12.1 Å². The van der Waals surface area contributed by atoms with Gasteiger partial charge in [0.1, 0.15) is 18.2 Å². The molecule has 112 valence electrons. The molecule has 1 aromatic carbocycles. The van der Waals surface area contributed by atoms with Gasteiger partial charge in [0.15, 0.2) is 11.0 Å². The first kappa shape index (κ1) is 15.7. The minimum Gasteiger partial charge on any atom is -0.377 e. The highest BCUT2D eigenvalue weighted by Crippen LogP contribution is 2.24. The van der Waals surface area contributed by atoms with Gasteiger partial charge in [0.05, 0.1) is 0 Å². The number of rotatable bonds is 7. The van der Waals surface area contributed by atoms with Crippen molar-refractivity contribution in [3.63, 3.8) is 0 Å². The Morgan fingerprint density at radius 1 is 1.38 bits per heavy atom. The average molecular weight is 311 g/mol. The third-order valence-corrected chi connectivity index (χ3v) is 3.76. The molecular weight excluding hydrogens is 296 g/mol. The third-order valence-electron chi connectivity index (χ3n) is 2.74. The van der Waals surface area contributed by atoms with Crippen LogP contribution in [0.1, 0.15) is 11.4 Å². The van der Waals surface area contributed by atoms with Crippen LogP contribution in [0.5, 0.6) is 0 Å². The minimum absolute atomic E-state index is 0.270. The Hall–Kier alpha value is -1.73. The molecule has 1 aromatic heterocycles. The lowest BCUT2D eigenvalue weighted by molar-refractivity contribution is 0.174. The smallest absolute Gasteiger partial charge is 0.191 e. The fourth-order valence-corrected chi connectivity index (χ4v) is 2.71. The Bertz CT molecular complexity index is 631. The second-order valence-corrected chi connectivity index (χ2v) is 5.20. The molecule has 0 aliphatic rings. The molecule has 2 rings (SSSR count). The number of halogens is 2. The maximum Gasteiger partial charge on any atom is 0.191 e. The number of nitrogens with zero attached hydrogens (tertiary/aromatic N) is 3. The Labute approximate surface area is 125 Å². The zero-order valence-corrected chi connectivity index (χ0v) is 12.4. The highest BCUT2D eigenvalue weighted by molar-refractivity contribution is 7.98. The van der Waals surface area contributed by atoms with E-state index < -0.39 is 11.6 Å². The molecule has 0 bridgehead atoms. The summed E-state index contributed by atoms with van der Waals surface area (Å²) in [6.45, 7) is 4.54. The largest absolute Gasteiger partial charge is 0.377 e. The first-order valence-electron chi connectivity index (χ1n) is 6.24. The van der Waals surface area contributed by atoms with Crippen LogP contribution in [0.15, 0.2) is 36.0 Å². The molecule has 0 fully saturated rings. The molecule has 21 heavy (non-hydrogen) atoms. The van der Waals surface area contributed by atoms with Crippen LogP contribution >= 0.6 is 11.8 Å². The first-order valence-corrected chi connectivity index (χ1v) is 7.23. The van der Waals surface area contributed by atoms with Gasteiger partial charge < -0.3 is 9.30 Å². The quantitative estimate of drug-likeness (QED) is 0.581. The van der Waals surface area contributed by atoms with Crippen molar-refractivity contribution in [3.05, 3.63) is 53.9 Å². The third kappa shape index (κ3) is 3.89. The van der Waals surface area contributed by atoms with E-state index in [4.69, 9.17) is 4.74 Å². The normalized spacial score (nSPS) is 10.8. The van der Waals surface area contributed by atoms with Gasteiger partial charge in [0.2, 0.25) is 0 Å². The lowest BCUT2D eigenvalue weighted by atomic mass is 10.2. The van der Waals surface area contributed by atoms with E-state index in [1.807, 2.05) is 4.57 Å². The van der Waals surface area contributed by atoms with Crippen LogP contribution in [0.4, 0.5) is 8.78 Å². The van der Waals surface area contributed by atoms with Crippen LogP contribution < -0.4 is 0 Å². The standard InChI is InChI=1S/C14H15F2N3OS/c1-3-6-19-13(8-20-2)17-18-14(19)21-9-10-7-11(15)4-5-12(10)16/h3-5,7H,1,6,8-9H2,2H3. The molecule has 0 atom stereocenters. The van der Waals surface area contributed by atoms with Gasteiger partial charge in [-0.1, -0.05) is 17.8 Å². The highest BCUT2D eigenvalue weighted by atomic mass is 32.2. The molecule has 0 saturated carbocycles. The molecule has 0 radical (unpaired) electrons. The topological polar surface area (TPSA) is 39.9 Å². The summed E-state index contributed by atoms with van der Waals surface area (Å²) in [4.78, 5) is 0. The fourth-order valence-electron chi connectivity index (χ4n) is 1.77. The molecule has 0 aliphatic carbocycles. The molecule has 0 aliphatic heterocycles. The van der Waals surface area contributed by atoms with Crippen molar-refractivity contribution in [1.29, 1.82) is 0 Å². The summed E-state index contributed by atoms with van der Waals surface area (Å²) >= 11 is 1.29. The van der Waals surface area contributed by atoms with Gasteiger partial charge in [-0.05, 0) is 18.2 Å². The number of methoxy groups -OCH3 is 1. The van der Waals surface area contributed by atoms with Crippen LogP contribution in [0.2, 0.25) is 0 Å².